The molecular weight excluding hydrogens is 474 g/mol. The van der Waals surface area contributed by atoms with Gasteiger partial charge in [-0.25, -0.2) is 4.79 Å². The van der Waals surface area contributed by atoms with E-state index in [1.807, 2.05) is 31.2 Å². The van der Waals surface area contributed by atoms with E-state index >= 15 is 0 Å². The van der Waals surface area contributed by atoms with Crippen molar-refractivity contribution < 1.29 is 28.0 Å². The van der Waals surface area contributed by atoms with E-state index in [4.69, 9.17) is 13.6 Å². The molecule has 1 fully saturated rings. The Morgan fingerprint density at radius 3 is 2.43 bits per heavy atom. The first-order chi connectivity index (χ1) is 18.0. The number of hydrogen-bond donors (Lipinski definition) is 2. The maximum absolute atomic E-state index is 13.4. The van der Waals surface area contributed by atoms with Crippen molar-refractivity contribution in [3.63, 3.8) is 0 Å². The van der Waals surface area contributed by atoms with E-state index in [0.29, 0.717) is 17.0 Å². The average molecular weight is 500 g/mol. The third-order valence-electron chi connectivity index (χ3n) is 6.05. The number of nitrogens with one attached hydrogen (secondary N) is 2. The van der Waals surface area contributed by atoms with Gasteiger partial charge in [0.15, 0.2) is 17.9 Å². The number of furan rings is 2. The Morgan fingerprint density at radius 1 is 0.946 bits per heavy atom. The molecule has 9 nitrogen and oxygen atoms in total. The number of ether oxygens (including phenoxy) is 1. The number of carbonyl (C=O) groups is 3. The highest BCUT2D eigenvalue weighted by Crippen LogP contribution is 2.34. The molecule has 0 saturated carbocycles. The van der Waals surface area contributed by atoms with Crippen molar-refractivity contribution in [1.82, 2.24) is 10.2 Å². The summed E-state index contributed by atoms with van der Waals surface area (Å²) in [6, 6.07) is 20.3. The number of rotatable bonds is 8. The van der Waals surface area contributed by atoms with Gasteiger partial charge in [0.1, 0.15) is 5.76 Å². The number of cyclic esters (lactones) is 1. The van der Waals surface area contributed by atoms with Crippen LogP contribution in [0.4, 0.5) is 10.5 Å². The topological polar surface area (TPSA) is 114 Å². The Bertz CT molecular complexity index is 1380. The summed E-state index contributed by atoms with van der Waals surface area (Å²) in [5, 5.41) is 5.60. The van der Waals surface area contributed by atoms with Crippen LogP contribution >= 0.6 is 0 Å². The van der Waals surface area contributed by atoms with E-state index in [2.05, 4.69) is 10.6 Å². The Hall–Kier alpha value is -4.79. The first-order valence-electron chi connectivity index (χ1n) is 11.8. The summed E-state index contributed by atoms with van der Waals surface area (Å²) < 4.78 is 16.1. The molecule has 37 heavy (non-hydrogen) atoms. The molecule has 1 aliphatic rings. The quantitative estimate of drug-likeness (QED) is 0.360. The van der Waals surface area contributed by atoms with Crippen LogP contribution in [-0.4, -0.2) is 28.8 Å². The largest absolute Gasteiger partial charge is 0.467 e. The highest BCUT2D eigenvalue weighted by Gasteiger charge is 2.47. The molecule has 0 radical (unpaired) electrons. The van der Waals surface area contributed by atoms with Crippen molar-refractivity contribution in [3.8, 4) is 0 Å². The third kappa shape index (κ3) is 5.40. The number of amides is 3. The molecular formula is C28H25N3O6. The molecule has 0 bridgehead atoms. The molecule has 2 atom stereocenters. The van der Waals surface area contributed by atoms with E-state index in [9.17, 15) is 14.4 Å². The maximum atomic E-state index is 13.4. The van der Waals surface area contributed by atoms with Gasteiger partial charge < -0.3 is 24.2 Å². The van der Waals surface area contributed by atoms with Crippen LogP contribution in [0.25, 0.3) is 0 Å². The minimum absolute atomic E-state index is 0.180. The molecule has 0 aliphatic carbocycles. The predicted molar refractivity (Wildman–Crippen MR) is 133 cm³/mol. The summed E-state index contributed by atoms with van der Waals surface area (Å²) in [6.45, 7) is 2.36. The van der Waals surface area contributed by atoms with Gasteiger partial charge in [-0.1, -0.05) is 42.0 Å². The fraction of sp³-hybridized carbons (Fsp3) is 0.179. The maximum Gasteiger partial charge on any atom is 0.411 e. The van der Waals surface area contributed by atoms with Gasteiger partial charge >= 0.3 is 6.09 Å². The molecule has 2 unspecified atom stereocenters. The highest BCUT2D eigenvalue weighted by molar-refractivity contribution is 6.02. The van der Waals surface area contributed by atoms with Crippen LogP contribution in [0.3, 0.4) is 0 Å². The van der Waals surface area contributed by atoms with Gasteiger partial charge in [-0.2, -0.15) is 0 Å². The number of nitrogens with zero attached hydrogens (tertiary/aromatic N) is 1. The summed E-state index contributed by atoms with van der Waals surface area (Å²) in [5.41, 5.74) is 3.09. The molecule has 3 heterocycles. The Balaban J connectivity index is 1.37. The lowest BCUT2D eigenvalue weighted by Crippen LogP contribution is -2.46. The van der Waals surface area contributed by atoms with E-state index in [1.54, 1.807) is 48.5 Å². The minimum atomic E-state index is -0.911. The van der Waals surface area contributed by atoms with Gasteiger partial charge in [-0.3, -0.25) is 14.5 Å². The lowest BCUT2D eigenvalue weighted by molar-refractivity contribution is -0.126. The molecule has 1 aliphatic heterocycles. The standard InChI is InChI=1S/C28H25N3O6/c1-18-5-2-6-19(15-18)17-31-24(27(33)29-16-22-7-3-13-35-22)25(37-28(31)34)20-9-11-21(12-10-20)30-26(32)23-8-4-14-36-23/h2-15,24-25H,16-17H2,1H3,(H,29,33)(H,30,32). The number of hydrogen-bond acceptors (Lipinski definition) is 6. The smallest absolute Gasteiger partial charge is 0.411 e. The molecule has 2 aromatic heterocycles. The third-order valence-corrected chi connectivity index (χ3v) is 6.05. The van der Waals surface area contributed by atoms with Gasteiger partial charge in [0.25, 0.3) is 5.91 Å². The zero-order chi connectivity index (χ0) is 25.8. The second kappa shape index (κ2) is 10.4. The van der Waals surface area contributed by atoms with Crippen LogP contribution in [0.15, 0.2) is 94.2 Å². The Morgan fingerprint density at radius 2 is 1.73 bits per heavy atom. The molecule has 4 aromatic rings. The van der Waals surface area contributed by atoms with Crippen LogP contribution in [-0.2, 0) is 22.6 Å². The molecule has 5 rings (SSSR count). The normalized spacial score (nSPS) is 16.9. The van der Waals surface area contributed by atoms with Crippen LogP contribution in [0.5, 0.6) is 0 Å². The lowest BCUT2D eigenvalue weighted by Gasteiger charge is -2.24. The van der Waals surface area contributed by atoms with Gasteiger partial charge in [-0.05, 0) is 54.4 Å². The van der Waals surface area contributed by atoms with Crippen molar-refractivity contribution in [1.29, 1.82) is 0 Å². The number of carbonyl (C=O) groups excluding carboxylic acids is 3. The highest BCUT2D eigenvalue weighted by atomic mass is 16.6. The van der Waals surface area contributed by atoms with E-state index in [0.717, 1.165) is 11.1 Å². The van der Waals surface area contributed by atoms with Crippen molar-refractivity contribution in [2.45, 2.75) is 32.2 Å². The monoisotopic (exact) mass is 499 g/mol. The molecule has 2 N–H and O–H groups in total. The zero-order valence-corrected chi connectivity index (χ0v) is 20.0. The average Bonchev–Trinajstić information content (AvgIpc) is 3.66. The molecule has 2 aromatic carbocycles. The number of aryl methyl sites for hydroxylation is 1. The van der Waals surface area contributed by atoms with Gasteiger partial charge in [0.2, 0.25) is 5.91 Å². The fourth-order valence-electron chi connectivity index (χ4n) is 4.27. The molecule has 0 spiro atoms. The Labute approximate surface area is 213 Å². The van der Waals surface area contributed by atoms with Crippen LogP contribution in [0.2, 0.25) is 0 Å². The van der Waals surface area contributed by atoms with Gasteiger partial charge in [0.05, 0.1) is 25.6 Å². The predicted octanol–water partition coefficient (Wildman–Crippen LogP) is 4.81. The minimum Gasteiger partial charge on any atom is -0.467 e. The van der Waals surface area contributed by atoms with Crippen molar-refractivity contribution in [2.75, 3.05) is 5.32 Å². The summed E-state index contributed by atoms with van der Waals surface area (Å²) in [6.07, 6.45) is 1.53. The van der Waals surface area contributed by atoms with Gasteiger partial charge in [0, 0.05) is 5.69 Å². The summed E-state index contributed by atoms with van der Waals surface area (Å²) in [5.74, 6) is 0.0329. The van der Waals surface area contributed by atoms with E-state index in [-0.39, 0.29) is 30.7 Å². The second-order valence-corrected chi connectivity index (χ2v) is 8.72. The Kier molecular flexibility index (Phi) is 6.76. The molecule has 188 valence electrons. The molecule has 3 amide bonds. The van der Waals surface area contributed by atoms with Crippen molar-refractivity contribution in [2.24, 2.45) is 0 Å². The number of benzene rings is 2. The number of anilines is 1. The fourth-order valence-corrected chi connectivity index (χ4v) is 4.27. The van der Waals surface area contributed by atoms with E-state index < -0.39 is 18.2 Å². The first kappa shape index (κ1) is 23.9. The SMILES string of the molecule is Cc1cccc(CN2C(=O)OC(c3ccc(NC(=O)c4ccco4)cc3)C2C(=O)NCc2ccco2)c1. The molecule has 9 heteroatoms. The van der Waals surface area contributed by atoms with Crippen LogP contribution in [0, 0.1) is 6.92 Å². The summed E-state index contributed by atoms with van der Waals surface area (Å²) in [4.78, 5) is 40.1. The van der Waals surface area contributed by atoms with E-state index in [1.165, 1.54) is 17.4 Å². The first-order valence-corrected chi connectivity index (χ1v) is 11.8. The van der Waals surface area contributed by atoms with Crippen molar-refractivity contribution in [3.05, 3.63) is 114 Å². The summed E-state index contributed by atoms with van der Waals surface area (Å²) in [7, 11) is 0. The van der Waals surface area contributed by atoms with Crippen molar-refractivity contribution >= 4 is 23.6 Å². The van der Waals surface area contributed by atoms with Crippen LogP contribution < -0.4 is 10.6 Å². The summed E-state index contributed by atoms with van der Waals surface area (Å²) >= 11 is 0. The second-order valence-electron chi connectivity index (χ2n) is 8.72. The van der Waals surface area contributed by atoms with Gasteiger partial charge in [-0.15, -0.1) is 0 Å². The lowest BCUT2D eigenvalue weighted by atomic mass is 10.00. The molecule has 1 saturated heterocycles. The zero-order valence-electron chi connectivity index (χ0n) is 20.0. The van der Waals surface area contributed by atoms with Crippen LogP contribution in [0.1, 0.15) is 39.1 Å².